The highest BCUT2D eigenvalue weighted by Crippen LogP contribution is 2.46. The van der Waals surface area contributed by atoms with E-state index in [9.17, 15) is 5.26 Å². The maximum atomic E-state index is 9.64. The number of hydrogen-bond acceptors (Lipinski definition) is 6. The Hall–Kier alpha value is -3.24. The van der Waals surface area contributed by atoms with E-state index < -0.39 is 0 Å². The van der Waals surface area contributed by atoms with Gasteiger partial charge in [-0.2, -0.15) is 16.6 Å². The molecule has 1 aromatic carbocycles. The fraction of sp³-hybridized carbons (Fsp3) is 0.158. The molecule has 0 bridgehead atoms. The monoisotopic (exact) mass is 364 g/mol. The van der Waals surface area contributed by atoms with Crippen molar-refractivity contribution in [1.82, 2.24) is 10.2 Å². The lowest BCUT2D eigenvalue weighted by Crippen LogP contribution is -2.20. The quantitative estimate of drug-likeness (QED) is 0.735. The molecule has 3 heterocycles. The van der Waals surface area contributed by atoms with Crippen LogP contribution in [0.4, 0.5) is 0 Å². The van der Waals surface area contributed by atoms with E-state index in [1.165, 1.54) is 0 Å². The Bertz CT molecular complexity index is 997. The van der Waals surface area contributed by atoms with E-state index in [0.717, 1.165) is 28.1 Å². The Labute approximate surface area is 154 Å². The number of fused-ring (bicyclic) bond motifs is 1. The maximum Gasteiger partial charge on any atom is 0.244 e. The molecule has 0 saturated carbocycles. The summed E-state index contributed by atoms with van der Waals surface area (Å²) in [6.45, 7) is 2.56. The summed E-state index contributed by atoms with van der Waals surface area (Å²) in [6.07, 6.45) is 0. The second kappa shape index (κ2) is 6.58. The van der Waals surface area contributed by atoms with E-state index in [1.807, 2.05) is 48.0 Å². The Morgan fingerprint density at radius 1 is 1.35 bits per heavy atom. The van der Waals surface area contributed by atoms with E-state index in [4.69, 9.17) is 15.2 Å². The zero-order valence-electron chi connectivity index (χ0n) is 14.0. The van der Waals surface area contributed by atoms with Gasteiger partial charge in [-0.05, 0) is 53.6 Å². The second-order valence-corrected chi connectivity index (χ2v) is 6.54. The number of nitrogens with one attached hydrogen (secondary N) is 1. The largest absolute Gasteiger partial charge is 0.494 e. The molecule has 3 N–H and O–H groups in total. The summed E-state index contributed by atoms with van der Waals surface area (Å²) in [6, 6.07) is 11.9. The zero-order chi connectivity index (χ0) is 18.1. The summed E-state index contributed by atoms with van der Waals surface area (Å²) in [5, 5.41) is 20.9. The summed E-state index contributed by atoms with van der Waals surface area (Å²) in [7, 11) is 0. The molecule has 26 heavy (non-hydrogen) atoms. The van der Waals surface area contributed by atoms with Crippen LogP contribution in [0.15, 0.2) is 52.5 Å². The van der Waals surface area contributed by atoms with Crippen molar-refractivity contribution in [3.05, 3.63) is 63.7 Å². The molecule has 0 radical (unpaired) electrons. The first-order chi connectivity index (χ1) is 12.7. The first-order valence-electron chi connectivity index (χ1n) is 8.14. The number of benzene rings is 1. The molecule has 0 spiro atoms. The van der Waals surface area contributed by atoms with Crippen LogP contribution < -0.4 is 15.2 Å². The molecule has 1 atom stereocenters. The van der Waals surface area contributed by atoms with Gasteiger partial charge in [-0.3, -0.25) is 5.10 Å². The standard InChI is InChI=1S/C19H16N4O2S/c1-2-24-13-5-3-11(4-6-13)17-16-15(12-7-8-26-10-12)14(9-20)18(21)25-19(16)23-22-17/h3-8,10,15H,2,21H2,1H3,(H,22,23). The number of thiophene rings is 1. The van der Waals surface area contributed by atoms with E-state index in [-0.39, 0.29) is 11.8 Å². The predicted molar refractivity (Wildman–Crippen MR) is 98.8 cm³/mol. The molecule has 1 aliphatic rings. The SMILES string of the molecule is CCOc1ccc(-c2[nH]nc3c2C(c2ccsc2)C(C#N)=C(N)O3)cc1. The van der Waals surface area contributed by atoms with E-state index >= 15 is 0 Å². The van der Waals surface area contributed by atoms with Crippen LogP contribution in [0.25, 0.3) is 11.3 Å². The molecule has 0 amide bonds. The van der Waals surface area contributed by atoms with Crippen LogP contribution in [-0.4, -0.2) is 16.8 Å². The molecule has 1 unspecified atom stereocenters. The molecule has 0 fully saturated rings. The Morgan fingerprint density at radius 2 is 2.15 bits per heavy atom. The molecule has 0 aliphatic carbocycles. The van der Waals surface area contributed by atoms with E-state index in [0.29, 0.717) is 18.1 Å². The summed E-state index contributed by atoms with van der Waals surface area (Å²) >= 11 is 1.57. The second-order valence-electron chi connectivity index (χ2n) is 5.76. The summed E-state index contributed by atoms with van der Waals surface area (Å²) in [4.78, 5) is 0. The van der Waals surface area contributed by atoms with Gasteiger partial charge in [0.15, 0.2) is 0 Å². The molecule has 130 valence electrons. The third kappa shape index (κ3) is 2.61. The fourth-order valence-electron chi connectivity index (χ4n) is 3.12. The van der Waals surface area contributed by atoms with Gasteiger partial charge in [-0.25, -0.2) is 0 Å². The molecule has 4 rings (SSSR count). The number of nitrogens with zero attached hydrogens (tertiary/aromatic N) is 2. The topological polar surface area (TPSA) is 97.0 Å². The van der Waals surface area contributed by atoms with Gasteiger partial charge in [0.1, 0.15) is 17.4 Å². The predicted octanol–water partition coefficient (Wildman–Crippen LogP) is 3.76. The molecule has 7 heteroatoms. The molecular formula is C19H16N4O2S. The molecule has 6 nitrogen and oxygen atoms in total. The van der Waals surface area contributed by atoms with Crippen molar-refractivity contribution in [1.29, 1.82) is 5.26 Å². The minimum atomic E-state index is -0.310. The van der Waals surface area contributed by atoms with Gasteiger partial charge in [0.2, 0.25) is 11.8 Å². The third-order valence-corrected chi connectivity index (χ3v) is 4.97. The molecule has 2 aromatic heterocycles. The van der Waals surface area contributed by atoms with Crippen LogP contribution in [0.3, 0.4) is 0 Å². The van der Waals surface area contributed by atoms with Gasteiger partial charge >= 0.3 is 0 Å². The fourth-order valence-corrected chi connectivity index (χ4v) is 3.81. The van der Waals surface area contributed by atoms with Crippen molar-refractivity contribution in [3.8, 4) is 29.0 Å². The van der Waals surface area contributed by atoms with Crippen molar-refractivity contribution >= 4 is 11.3 Å². The van der Waals surface area contributed by atoms with E-state index in [1.54, 1.807) is 11.3 Å². The number of rotatable bonds is 4. The van der Waals surface area contributed by atoms with Crippen LogP contribution in [0.2, 0.25) is 0 Å². The Balaban J connectivity index is 1.84. The highest BCUT2D eigenvalue weighted by atomic mass is 32.1. The molecule has 3 aromatic rings. The molecular weight excluding hydrogens is 348 g/mol. The van der Waals surface area contributed by atoms with Gasteiger partial charge in [0, 0.05) is 5.56 Å². The van der Waals surface area contributed by atoms with Crippen LogP contribution in [0.5, 0.6) is 11.6 Å². The van der Waals surface area contributed by atoms with Gasteiger partial charge in [0.25, 0.3) is 0 Å². The lowest BCUT2D eigenvalue weighted by Gasteiger charge is -2.23. The number of H-pyrrole nitrogens is 1. The highest BCUT2D eigenvalue weighted by molar-refractivity contribution is 7.08. The van der Waals surface area contributed by atoms with Crippen molar-refractivity contribution in [2.75, 3.05) is 6.61 Å². The lowest BCUT2D eigenvalue weighted by molar-refractivity contribution is 0.340. The highest BCUT2D eigenvalue weighted by Gasteiger charge is 2.35. The van der Waals surface area contributed by atoms with Gasteiger partial charge in [-0.1, -0.05) is 0 Å². The summed E-state index contributed by atoms with van der Waals surface area (Å²) < 4.78 is 11.1. The van der Waals surface area contributed by atoms with Crippen molar-refractivity contribution in [3.63, 3.8) is 0 Å². The van der Waals surface area contributed by atoms with Crippen LogP contribution in [-0.2, 0) is 0 Å². The van der Waals surface area contributed by atoms with Gasteiger partial charge in [0.05, 0.1) is 23.8 Å². The van der Waals surface area contributed by atoms with Crippen molar-refractivity contribution in [2.24, 2.45) is 5.73 Å². The average Bonchev–Trinajstić information content (AvgIpc) is 3.31. The molecule has 1 aliphatic heterocycles. The van der Waals surface area contributed by atoms with Crippen LogP contribution >= 0.6 is 11.3 Å². The lowest BCUT2D eigenvalue weighted by atomic mass is 9.84. The number of ether oxygens (including phenoxy) is 2. The Kier molecular flexibility index (Phi) is 4.11. The minimum absolute atomic E-state index is 0.0981. The smallest absolute Gasteiger partial charge is 0.244 e. The first-order valence-corrected chi connectivity index (χ1v) is 9.08. The number of nitriles is 1. The minimum Gasteiger partial charge on any atom is -0.494 e. The number of aromatic amines is 1. The van der Waals surface area contributed by atoms with Gasteiger partial charge < -0.3 is 15.2 Å². The average molecular weight is 364 g/mol. The van der Waals surface area contributed by atoms with Crippen LogP contribution in [0, 0.1) is 11.3 Å². The zero-order valence-corrected chi connectivity index (χ0v) is 14.8. The third-order valence-electron chi connectivity index (χ3n) is 4.27. The molecule has 0 saturated heterocycles. The number of aromatic nitrogens is 2. The number of hydrogen-bond donors (Lipinski definition) is 2. The maximum absolute atomic E-state index is 9.64. The summed E-state index contributed by atoms with van der Waals surface area (Å²) in [5.41, 5.74) is 9.91. The first kappa shape index (κ1) is 16.2. The van der Waals surface area contributed by atoms with Gasteiger partial charge in [-0.15, -0.1) is 5.10 Å². The van der Waals surface area contributed by atoms with Crippen molar-refractivity contribution < 1.29 is 9.47 Å². The Morgan fingerprint density at radius 3 is 2.81 bits per heavy atom. The van der Waals surface area contributed by atoms with Crippen molar-refractivity contribution in [2.45, 2.75) is 12.8 Å². The summed E-state index contributed by atoms with van der Waals surface area (Å²) in [5.74, 6) is 0.995. The number of allylic oxidation sites excluding steroid dienone is 1. The van der Waals surface area contributed by atoms with E-state index in [2.05, 4.69) is 16.3 Å². The van der Waals surface area contributed by atoms with Crippen LogP contribution in [0.1, 0.15) is 24.0 Å². The number of nitrogens with two attached hydrogens (primary N) is 1. The normalized spacial score (nSPS) is 15.9.